The molecule has 0 radical (unpaired) electrons. The molecule has 0 spiro atoms. The lowest BCUT2D eigenvalue weighted by Gasteiger charge is -2.12. The molecule has 2 aromatic carbocycles. The van der Waals surface area contributed by atoms with Crippen LogP contribution in [0, 0.1) is 11.6 Å². The Hall–Kier alpha value is -2.64. The summed E-state index contributed by atoms with van der Waals surface area (Å²) in [5.41, 5.74) is -1.97. The predicted molar refractivity (Wildman–Crippen MR) is 70.4 cm³/mol. The van der Waals surface area contributed by atoms with Crippen molar-refractivity contribution in [1.29, 1.82) is 0 Å². The maximum absolute atomic E-state index is 13.5. The smallest absolute Gasteiger partial charge is 0.305 e. The third-order valence-corrected chi connectivity index (χ3v) is 2.66. The number of rotatable bonds is 2. The van der Waals surface area contributed by atoms with E-state index in [1.165, 1.54) is 18.2 Å². The Morgan fingerprint density at radius 2 is 1.45 bits per heavy atom. The van der Waals surface area contributed by atoms with Gasteiger partial charge in [-0.3, -0.25) is 0 Å². The minimum atomic E-state index is -4.67. The summed E-state index contributed by atoms with van der Waals surface area (Å²) in [6, 6.07) is 5.70. The number of carbonyl (C=O) groups is 1. The van der Waals surface area contributed by atoms with Crippen LogP contribution in [0.1, 0.15) is 5.56 Å². The van der Waals surface area contributed by atoms with E-state index < -0.39 is 35.1 Å². The van der Waals surface area contributed by atoms with E-state index in [0.29, 0.717) is 18.2 Å². The normalized spacial score (nSPS) is 11.1. The SMILES string of the molecule is O=C(Nc1ccccc1F)Nc1cc(C(F)(F)F)ccc1F. The minimum absolute atomic E-state index is 0.188. The first-order valence-corrected chi connectivity index (χ1v) is 5.96. The molecule has 2 rings (SSSR count). The molecule has 0 aliphatic rings. The standard InChI is InChI=1S/C14H9F5N2O/c15-9-3-1-2-4-11(9)20-13(22)21-12-7-8(14(17,18)19)5-6-10(12)16/h1-7H,(H2,20,21,22). The van der Waals surface area contributed by atoms with E-state index in [4.69, 9.17) is 0 Å². The van der Waals surface area contributed by atoms with Crippen molar-refractivity contribution in [2.24, 2.45) is 0 Å². The van der Waals surface area contributed by atoms with Crippen LogP contribution in [0.15, 0.2) is 42.5 Å². The highest BCUT2D eigenvalue weighted by molar-refractivity contribution is 5.99. The van der Waals surface area contributed by atoms with Gasteiger partial charge in [0.1, 0.15) is 11.6 Å². The summed E-state index contributed by atoms with van der Waals surface area (Å²) in [6.45, 7) is 0. The zero-order chi connectivity index (χ0) is 16.3. The zero-order valence-electron chi connectivity index (χ0n) is 10.8. The molecule has 2 aromatic rings. The molecule has 0 aliphatic carbocycles. The quantitative estimate of drug-likeness (QED) is 0.779. The maximum Gasteiger partial charge on any atom is 0.416 e. The highest BCUT2D eigenvalue weighted by Gasteiger charge is 2.31. The Morgan fingerprint density at radius 1 is 0.864 bits per heavy atom. The highest BCUT2D eigenvalue weighted by atomic mass is 19.4. The van der Waals surface area contributed by atoms with Crippen LogP contribution in [0.3, 0.4) is 0 Å². The average molecular weight is 316 g/mol. The van der Waals surface area contributed by atoms with E-state index in [2.05, 4.69) is 5.32 Å². The van der Waals surface area contributed by atoms with Crippen LogP contribution in [-0.2, 0) is 6.18 Å². The summed E-state index contributed by atoms with van der Waals surface area (Å²) in [5.74, 6) is -1.78. The summed E-state index contributed by atoms with van der Waals surface area (Å²) in [7, 11) is 0. The van der Waals surface area contributed by atoms with Crippen LogP contribution < -0.4 is 10.6 Å². The summed E-state index contributed by atoms with van der Waals surface area (Å²) in [5, 5.41) is 3.98. The highest BCUT2D eigenvalue weighted by Crippen LogP contribution is 2.31. The van der Waals surface area contributed by atoms with Crippen molar-refractivity contribution < 1.29 is 26.7 Å². The van der Waals surface area contributed by atoms with Crippen molar-refractivity contribution >= 4 is 17.4 Å². The maximum atomic E-state index is 13.5. The van der Waals surface area contributed by atoms with Gasteiger partial charge in [-0.25, -0.2) is 13.6 Å². The summed E-state index contributed by atoms with van der Waals surface area (Å²) >= 11 is 0. The molecule has 0 saturated carbocycles. The van der Waals surface area contributed by atoms with E-state index in [-0.39, 0.29) is 5.69 Å². The molecule has 0 saturated heterocycles. The number of amides is 2. The largest absolute Gasteiger partial charge is 0.416 e. The number of anilines is 2. The van der Waals surface area contributed by atoms with Crippen LogP contribution in [0.25, 0.3) is 0 Å². The lowest BCUT2D eigenvalue weighted by atomic mass is 10.2. The average Bonchev–Trinajstić information content (AvgIpc) is 2.42. The van der Waals surface area contributed by atoms with E-state index in [1.54, 1.807) is 0 Å². The number of halogens is 5. The second-order valence-electron chi connectivity index (χ2n) is 4.25. The molecule has 0 aromatic heterocycles. The number of urea groups is 1. The summed E-state index contributed by atoms with van der Waals surface area (Å²) < 4.78 is 64.4. The molecular weight excluding hydrogens is 307 g/mol. The van der Waals surface area contributed by atoms with Crippen LogP contribution in [0.4, 0.5) is 38.1 Å². The van der Waals surface area contributed by atoms with Gasteiger partial charge in [0, 0.05) is 0 Å². The van der Waals surface area contributed by atoms with Gasteiger partial charge in [-0.2, -0.15) is 13.2 Å². The fourth-order valence-electron chi connectivity index (χ4n) is 1.64. The number of nitrogens with one attached hydrogen (secondary N) is 2. The Balaban J connectivity index is 2.17. The number of alkyl halides is 3. The Bertz CT molecular complexity index is 700. The first kappa shape index (κ1) is 15.7. The molecule has 0 fully saturated rings. The van der Waals surface area contributed by atoms with E-state index in [1.807, 2.05) is 5.32 Å². The molecule has 0 heterocycles. The monoisotopic (exact) mass is 316 g/mol. The molecule has 22 heavy (non-hydrogen) atoms. The molecule has 0 bridgehead atoms. The molecular formula is C14H9F5N2O. The van der Waals surface area contributed by atoms with Crippen molar-refractivity contribution in [3.05, 3.63) is 59.7 Å². The van der Waals surface area contributed by atoms with Gasteiger partial charge in [-0.15, -0.1) is 0 Å². The molecule has 2 N–H and O–H groups in total. The van der Waals surface area contributed by atoms with Gasteiger partial charge in [0.2, 0.25) is 0 Å². The van der Waals surface area contributed by atoms with Crippen molar-refractivity contribution in [1.82, 2.24) is 0 Å². The first-order valence-electron chi connectivity index (χ1n) is 5.96. The molecule has 3 nitrogen and oxygen atoms in total. The second kappa shape index (κ2) is 6.00. The molecule has 0 aliphatic heterocycles. The lowest BCUT2D eigenvalue weighted by Crippen LogP contribution is -2.21. The fourth-order valence-corrected chi connectivity index (χ4v) is 1.64. The topological polar surface area (TPSA) is 41.1 Å². The van der Waals surface area contributed by atoms with Gasteiger partial charge in [-0.1, -0.05) is 12.1 Å². The Labute approximate surface area is 121 Å². The molecule has 2 amide bonds. The van der Waals surface area contributed by atoms with Crippen LogP contribution in [-0.4, -0.2) is 6.03 Å². The summed E-state index contributed by atoms with van der Waals surface area (Å²) in [6.07, 6.45) is -4.67. The number of hydrogen-bond acceptors (Lipinski definition) is 1. The molecule has 8 heteroatoms. The van der Waals surface area contributed by atoms with Crippen molar-refractivity contribution in [2.75, 3.05) is 10.6 Å². The van der Waals surface area contributed by atoms with Crippen molar-refractivity contribution in [3.8, 4) is 0 Å². The number of hydrogen-bond donors (Lipinski definition) is 2. The third-order valence-electron chi connectivity index (χ3n) is 2.66. The number of para-hydroxylation sites is 1. The van der Waals surface area contributed by atoms with E-state index >= 15 is 0 Å². The third kappa shape index (κ3) is 3.72. The molecule has 0 atom stereocenters. The fraction of sp³-hybridized carbons (Fsp3) is 0.0714. The van der Waals surface area contributed by atoms with E-state index in [9.17, 15) is 26.7 Å². The van der Waals surface area contributed by atoms with Gasteiger partial charge >= 0.3 is 12.2 Å². The van der Waals surface area contributed by atoms with Crippen molar-refractivity contribution in [3.63, 3.8) is 0 Å². The Kier molecular flexibility index (Phi) is 4.30. The van der Waals surface area contributed by atoms with Crippen molar-refractivity contribution in [2.45, 2.75) is 6.18 Å². The second-order valence-corrected chi connectivity index (χ2v) is 4.25. The number of carbonyl (C=O) groups excluding carboxylic acids is 1. The van der Waals surface area contributed by atoms with Gasteiger partial charge in [0.05, 0.1) is 16.9 Å². The van der Waals surface area contributed by atoms with Crippen LogP contribution >= 0.6 is 0 Å². The lowest BCUT2D eigenvalue weighted by molar-refractivity contribution is -0.137. The molecule has 116 valence electrons. The molecule has 0 unspecified atom stereocenters. The Morgan fingerprint density at radius 3 is 2.09 bits per heavy atom. The summed E-state index contributed by atoms with van der Waals surface area (Å²) in [4.78, 5) is 11.6. The van der Waals surface area contributed by atoms with Gasteiger partial charge in [0.15, 0.2) is 0 Å². The first-order chi connectivity index (χ1) is 10.3. The van der Waals surface area contributed by atoms with Gasteiger partial charge in [0.25, 0.3) is 0 Å². The van der Waals surface area contributed by atoms with Gasteiger partial charge in [-0.05, 0) is 30.3 Å². The number of benzene rings is 2. The van der Waals surface area contributed by atoms with Crippen LogP contribution in [0.5, 0.6) is 0 Å². The zero-order valence-corrected chi connectivity index (χ0v) is 10.8. The van der Waals surface area contributed by atoms with Gasteiger partial charge < -0.3 is 10.6 Å². The predicted octanol–water partition coefficient (Wildman–Crippen LogP) is 4.63. The van der Waals surface area contributed by atoms with E-state index in [0.717, 1.165) is 6.07 Å². The van der Waals surface area contributed by atoms with Crippen LogP contribution in [0.2, 0.25) is 0 Å². The minimum Gasteiger partial charge on any atom is -0.305 e.